The van der Waals surface area contributed by atoms with Crippen LogP contribution in [0.4, 0.5) is 0 Å². The van der Waals surface area contributed by atoms with Gasteiger partial charge in [0.25, 0.3) is 0 Å². The van der Waals surface area contributed by atoms with Crippen LogP contribution in [0, 0.1) is 6.92 Å². The van der Waals surface area contributed by atoms with Gasteiger partial charge in [-0.05, 0) is 70.5 Å². The van der Waals surface area contributed by atoms with Crippen LogP contribution in [-0.2, 0) is 15.0 Å². The molecule has 0 bridgehead atoms. The standard InChI is InChI=1S/C41H37NO4/c1-5-22-41(23-6-2)36-24-29(39(44)35-17-11-14-28-13-8-10-16-32(28)35)18-20-33(36)34-21-19-30(25-37(34)41)40(45)38(42-46-27(4)43)31-15-9-7-12-26(31)3/h7-21,24-25H,5-6,22-23H2,1-4H3/b42-38+. The Morgan fingerprint density at radius 2 is 1.28 bits per heavy atom. The van der Waals surface area contributed by atoms with E-state index in [-0.39, 0.29) is 22.7 Å². The molecule has 5 nitrogen and oxygen atoms in total. The molecule has 0 atom stereocenters. The highest BCUT2D eigenvalue weighted by Gasteiger charge is 2.42. The van der Waals surface area contributed by atoms with E-state index in [1.165, 1.54) is 6.92 Å². The van der Waals surface area contributed by atoms with E-state index in [0.717, 1.165) is 64.3 Å². The molecule has 0 radical (unpaired) electrons. The minimum atomic E-state index is -0.595. The molecule has 0 amide bonds. The van der Waals surface area contributed by atoms with Crippen molar-refractivity contribution in [1.29, 1.82) is 0 Å². The number of Topliss-reactive ketones (excluding diaryl/α,β-unsaturated/α-hetero) is 1. The van der Waals surface area contributed by atoms with Crippen LogP contribution in [0.5, 0.6) is 0 Å². The molecule has 0 heterocycles. The van der Waals surface area contributed by atoms with Crippen LogP contribution in [-0.4, -0.2) is 23.2 Å². The predicted octanol–water partition coefficient (Wildman–Crippen LogP) is 9.40. The van der Waals surface area contributed by atoms with Crippen molar-refractivity contribution >= 4 is 34.0 Å². The van der Waals surface area contributed by atoms with Crippen molar-refractivity contribution in [2.45, 2.75) is 58.8 Å². The quantitative estimate of drug-likeness (QED) is 0.0686. The molecule has 5 heteroatoms. The normalized spacial score (nSPS) is 13.3. The minimum Gasteiger partial charge on any atom is -0.318 e. The number of carbonyl (C=O) groups excluding carboxylic acids is 3. The summed E-state index contributed by atoms with van der Waals surface area (Å²) in [4.78, 5) is 44.9. The SMILES string of the molecule is CCCC1(CCC)c2cc(C(=O)/C(=N/OC(C)=O)c3ccccc3C)ccc2-c2ccc(C(=O)c3cccc4ccccc34)cc21. The molecule has 1 aliphatic rings. The molecule has 0 spiro atoms. The van der Waals surface area contributed by atoms with Crippen molar-refractivity contribution in [3.8, 4) is 11.1 Å². The molecule has 0 aliphatic heterocycles. The Labute approximate surface area is 269 Å². The molecule has 1 aliphatic carbocycles. The first-order valence-corrected chi connectivity index (χ1v) is 16.0. The molecule has 0 aromatic heterocycles. The van der Waals surface area contributed by atoms with E-state index < -0.39 is 5.97 Å². The van der Waals surface area contributed by atoms with Gasteiger partial charge in [-0.2, -0.15) is 0 Å². The van der Waals surface area contributed by atoms with E-state index in [0.29, 0.717) is 22.3 Å². The Kier molecular flexibility index (Phi) is 8.50. The summed E-state index contributed by atoms with van der Waals surface area (Å²) in [6, 6.07) is 33.2. The molecule has 0 N–H and O–H groups in total. The average Bonchev–Trinajstić information content (AvgIpc) is 3.33. The number of aryl methyl sites for hydroxylation is 1. The lowest BCUT2D eigenvalue weighted by Crippen LogP contribution is -2.26. The number of nitrogens with zero attached hydrogens (tertiary/aromatic N) is 1. The zero-order chi connectivity index (χ0) is 32.4. The fraction of sp³-hybridized carbons (Fsp3) is 0.220. The summed E-state index contributed by atoms with van der Waals surface area (Å²) in [6.45, 7) is 7.52. The van der Waals surface area contributed by atoms with Gasteiger partial charge in [-0.25, -0.2) is 4.79 Å². The zero-order valence-corrected chi connectivity index (χ0v) is 26.7. The first-order valence-electron chi connectivity index (χ1n) is 16.0. The summed E-state index contributed by atoms with van der Waals surface area (Å²) >= 11 is 0. The van der Waals surface area contributed by atoms with Crippen molar-refractivity contribution in [1.82, 2.24) is 0 Å². The maximum Gasteiger partial charge on any atom is 0.332 e. The fourth-order valence-electron chi connectivity index (χ4n) is 7.17. The van der Waals surface area contributed by atoms with Crippen LogP contribution in [0.25, 0.3) is 21.9 Å². The number of benzene rings is 5. The van der Waals surface area contributed by atoms with E-state index in [1.54, 1.807) is 0 Å². The second-order valence-corrected chi connectivity index (χ2v) is 12.1. The second-order valence-electron chi connectivity index (χ2n) is 12.1. The van der Waals surface area contributed by atoms with Gasteiger partial charge in [0, 0.05) is 34.6 Å². The van der Waals surface area contributed by atoms with Crippen molar-refractivity contribution in [2.75, 3.05) is 0 Å². The van der Waals surface area contributed by atoms with Crippen molar-refractivity contribution < 1.29 is 19.2 Å². The highest BCUT2D eigenvalue weighted by molar-refractivity contribution is 6.51. The summed E-state index contributed by atoms with van der Waals surface area (Å²) in [6.07, 6.45) is 3.61. The van der Waals surface area contributed by atoms with E-state index in [9.17, 15) is 14.4 Å². The molecule has 5 aromatic carbocycles. The molecule has 0 saturated carbocycles. The summed E-state index contributed by atoms with van der Waals surface area (Å²) in [7, 11) is 0. The minimum absolute atomic E-state index is 0.00197. The Bertz CT molecular complexity index is 2030. The van der Waals surface area contributed by atoms with Gasteiger partial charge in [0.2, 0.25) is 5.78 Å². The van der Waals surface area contributed by atoms with Gasteiger partial charge in [0.1, 0.15) is 0 Å². The van der Waals surface area contributed by atoms with Crippen molar-refractivity contribution in [3.05, 3.63) is 142 Å². The molecule has 0 unspecified atom stereocenters. The predicted molar refractivity (Wildman–Crippen MR) is 184 cm³/mol. The monoisotopic (exact) mass is 607 g/mol. The molecule has 0 saturated heterocycles. The Morgan fingerprint density at radius 1 is 0.696 bits per heavy atom. The molecule has 0 fully saturated rings. The maximum absolute atomic E-state index is 14.2. The first kappa shape index (κ1) is 30.8. The Balaban J connectivity index is 1.47. The number of ketones is 2. The van der Waals surface area contributed by atoms with Crippen LogP contribution in [0.1, 0.15) is 95.0 Å². The third kappa shape index (κ3) is 5.36. The topological polar surface area (TPSA) is 72.8 Å². The number of hydrogen-bond acceptors (Lipinski definition) is 5. The number of fused-ring (bicyclic) bond motifs is 4. The van der Waals surface area contributed by atoms with E-state index in [2.05, 4.69) is 31.1 Å². The third-order valence-electron chi connectivity index (χ3n) is 9.15. The summed E-state index contributed by atoms with van der Waals surface area (Å²) in [5, 5.41) is 6.01. The van der Waals surface area contributed by atoms with Gasteiger partial charge >= 0.3 is 5.97 Å². The number of carbonyl (C=O) groups is 3. The van der Waals surface area contributed by atoms with E-state index in [1.807, 2.05) is 97.9 Å². The highest BCUT2D eigenvalue weighted by Crippen LogP contribution is 2.54. The molecule has 5 aromatic rings. The molecular weight excluding hydrogens is 570 g/mol. The number of rotatable bonds is 10. The van der Waals surface area contributed by atoms with Crippen LogP contribution >= 0.6 is 0 Å². The molecule has 6 rings (SSSR count). The van der Waals surface area contributed by atoms with Gasteiger partial charge in [0.05, 0.1) is 0 Å². The summed E-state index contributed by atoms with van der Waals surface area (Å²) in [5.74, 6) is -0.914. The van der Waals surface area contributed by atoms with Gasteiger partial charge in [-0.3, -0.25) is 9.59 Å². The fourth-order valence-corrected chi connectivity index (χ4v) is 7.17. The van der Waals surface area contributed by atoms with Crippen molar-refractivity contribution in [3.63, 3.8) is 0 Å². The van der Waals surface area contributed by atoms with Gasteiger partial charge in [-0.1, -0.05) is 123 Å². The summed E-state index contributed by atoms with van der Waals surface area (Å²) < 4.78 is 0. The lowest BCUT2D eigenvalue weighted by Gasteiger charge is -2.32. The maximum atomic E-state index is 14.2. The number of hydrogen-bond donors (Lipinski definition) is 0. The van der Waals surface area contributed by atoms with E-state index in [4.69, 9.17) is 4.84 Å². The molecular formula is C41H37NO4. The van der Waals surface area contributed by atoms with E-state index >= 15 is 0 Å². The average molecular weight is 608 g/mol. The lowest BCUT2D eigenvalue weighted by molar-refractivity contribution is -0.140. The first-order chi connectivity index (χ1) is 22.3. The van der Waals surface area contributed by atoms with Crippen LogP contribution in [0.3, 0.4) is 0 Å². The third-order valence-corrected chi connectivity index (χ3v) is 9.15. The zero-order valence-electron chi connectivity index (χ0n) is 26.7. The highest BCUT2D eigenvalue weighted by atomic mass is 16.7. The van der Waals surface area contributed by atoms with Gasteiger partial charge < -0.3 is 4.84 Å². The smallest absolute Gasteiger partial charge is 0.318 e. The molecule has 230 valence electrons. The van der Waals surface area contributed by atoms with Crippen LogP contribution in [0.15, 0.2) is 108 Å². The largest absolute Gasteiger partial charge is 0.332 e. The number of oxime groups is 1. The lowest BCUT2D eigenvalue weighted by atomic mass is 9.71. The van der Waals surface area contributed by atoms with Crippen LogP contribution < -0.4 is 0 Å². The molecule has 46 heavy (non-hydrogen) atoms. The second kappa shape index (κ2) is 12.7. The van der Waals surface area contributed by atoms with Crippen molar-refractivity contribution in [2.24, 2.45) is 5.16 Å². The van der Waals surface area contributed by atoms with Gasteiger partial charge in [-0.15, -0.1) is 0 Å². The summed E-state index contributed by atoms with van der Waals surface area (Å²) in [5.41, 5.74) is 7.40. The van der Waals surface area contributed by atoms with Gasteiger partial charge in [0.15, 0.2) is 11.5 Å². The Morgan fingerprint density at radius 3 is 1.96 bits per heavy atom. The Hall–Kier alpha value is -5.16. The van der Waals surface area contributed by atoms with Crippen LogP contribution in [0.2, 0.25) is 0 Å².